The number of fused-ring (bicyclic) bond motifs is 1. The first-order chi connectivity index (χ1) is 24.4. The Bertz CT molecular complexity index is 1460. The van der Waals surface area contributed by atoms with Crippen LogP contribution in [0.5, 0.6) is 0 Å². The summed E-state index contributed by atoms with van der Waals surface area (Å²) in [5.74, 6) is -0.901. The van der Waals surface area contributed by atoms with E-state index in [1.165, 1.54) is 43.3 Å². The molecule has 50 heavy (non-hydrogen) atoms. The topological polar surface area (TPSA) is 129 Å². The minimum absolute atomic E-state index is 0.112. The molecule has 0 radical (unpaired) electrons. The van der Waals surface area contributed by atoms with Gasteiger partial charge in [0.05, 0.1) is 37.3 Å². The maximum absolute atomic E-state index is 14.5. The molecule has 5 atom stereocenters. The van der Waals surface area contributed by atoms with Crippen LogP contribution in [0.2, 0.25) is 0 Å². The second kappa shape index (κ2) is 15.3. The summed E-state index contributed by atoms with van der Waals surface area (Å²) in [4.78, 5) is 51.1. The lowest BCUT2D eigenvalue weighted by Crippen LogP contribution is -2.60. The summed E-state index contributed by atoms with van der Waals surface area (Å²) >= 11 is 1.84. The number of piperidine rings is 1. The van der Waals surface area contributed by atoms with Crippen molar-refractivity contribution < 1.29 is 42.6 Å². The average molecular weight is 707 g/mol. The number of nitrogens with zero attached hydrogens (tertiary/aromatic N) is 1. The van der Waals surface area contributed by atoms with E-state index in [4.69, 9.17) is 18.9 Å². The fraction of sp³-hybridized carbons (Fsp3) is 0.579. The molecule has 7 rings (SSSR count). The summed E-state index contributed by atoms with van der Waals surface area (Å²) in [6.07, 6.45) is 8.88. The average Bonchev–Trinajstić information content (AvgIpc) is 3.89. The van der Waals surface area contributed by atoms with Gasteiger partial charge in [-0.05, 0) is 24.0 Å². The smallest absolute Gasteiger partial charge is 0.348 e. The van der Waals surface area contributed by atoms with Gasteiger partial charge in [0, 0.05) is 55.9 Å². The van der Waals surface area contributed by atoms with Gasteiger partial charge < -0.3 is 34.1 Å². The van der Waals surface area contributed by atoms with E-state index >= 15 is 0 Å². The molecule has 0 aliphatic carbocycles. The molecule has 2 aromatic carbocycles. The number of unbranched alkanes of at least 4 members (excludes halogenated alkanes) is 1. The minimum Gasteiger partial charge on any atom is -0.459 e. The first-order valence-corrected chi connectivity index (χ1v) is 19.2. The number of carbonyl (C=O) groups is 4. The van der Waals surface area contributed by atoms with Crippen molar-refractivity contribution in [1.29, 1.82) is 0 Å². The van der Waals surface area contributed by atoms with Gasteiger partial charge in [-0.25, -0.2) is 14.4 Å². The van der Waals surface area contributed by atoms with E-state index < -0.39 is 36.9 Å². The van der Waals surface area contributed by atoms with Gasteiger partial charge in [0.2, 0.25) is 5.60 Å². The van der Waals surface area contributed by atoms with E-state index in [1.54, 1.807) is 0 Å². The Morgan fingerprint density at radius 2 is 1.50 bits per heavy atom. The maximum atomic E-state index is 14.5. The first-order valence-electron chi connectivity index (χ1n) is 18.2. The zero-order valence-corrected chi connectivity index (χ0v) is 29.3. The number of esters is 3. The molecule has 5 aliphatic heterocycles. The van der Waals surface area contributed by atoms with Crippen LogP contribution < -0.4 is 10.6 Å². The van der Waals surface area contributed by atoms with Crippen LogP contribution in [0, 0.1) is 0 Å². The van der Waals surface area contributed by atoms with Crippen LogP contribution in [0.4, 0.5) is 4.79 Å². The standard InChI is InChI=1S/C38H47N3O8S/c42-33(16-8-7-15-32-35-31(24-50-32)39-37(45)40-35)46-23-34(43)47-25-48-38(26-11-3-1-4-12-26,27-13-5-2-6-14-27)36(44)49-30-21-28-17-18-29(22-30)41(28)19-9-10-20-41/h1-6,11-14,28-32,35H,7-10,15-25H2,(H-,39,40,45)/p+1/t28?,29?,30?,31-,32-,35?/m0/s1. The summed E-state index contributed by atoms with van der Waals surface area (Å²) in [5.41, 5.74) is -0.539. The molecule has 11 nitrogen and oxygen atoms in total. The number of carbonyl (C=O) groups excluding carboxylic acids is 4. The Hall–Kier alpha value is -3.61. The quantitative estimate of drug-likeness (QED) is 0.0726. The third kappa shape index (κ3) is 7.11. The van der Waals surface area contributed by atoms with Gasteiger partial charge >= 0.3 is 23.9 Å². The fourth-order valence-corrected chi connectivity index (χ4v) is 10.8. The van der Waals surface area contributed by atoms with E-state index in [1.807, 2.05) is 72.4 Å². The van der Waals surface area contributed by atoms with E-state index in [0.29, 0.717) is 34.9 Å². The Morgan fingerprint density at radius 3 is 2.16 bits per heavy atom. The van der Waals surface area contributed by atoms with Crippen molar-refractivity contribution in [2.24, 2.45) is 0 Å². The predicted octanol–water partition coefficient (Wildman–Crippen LogP) is 4.56. The second-order valence-corrected chi connectivity index (χ2v) is 15.6. The molecule has 2 amide bonds. The Labute approximate surface area is 297 Å². The molecule has 0 aromatic heterocycles. The lowest BCUT2D eigenvalue weighted by atomic mass is 9.85. The number of thioether (sulfide) groups is 1. The van der Waals surface area contributed by atoms with Crippen LogP contribution in [0.25, 0.3) is 0 Å². The number of hydrogen-bond donors (Lipinski definition) is 2. The largest absolute Gasteiger partial charge is 0.459 e. The number of urea groups is 1. The Balaban J connectivity index is 0.938. The molecule has 2 N–H and O–H groups in total. The number of rotatable bonds is 14. The lowest BCUT2D eigenvalue weighted by molar-refractivity contribution is -0.956. The molecule has 5 aliphatic rings. The summed E-state index contributed by atoms with van der Waals surface area (Å²) in [5, 5.41) is 6.24. The summed E-state index contributed by atoms with van der Waals surface area (Å²) in [7, 11) is 0. The van der Waals surface area contributed by atoms with Crippen molar-refractivity contribution in [2.45, 2.75) is 105 Å². The highest BCUT2D eigenvalue weighted by Gasteiger charge is 2.57. The van der Waals surface area contributed by atoms with Gasteiger partial charge in [0.25, 0.3) is 0 Å². The zero-order chi connectivity index (χ0) is 34.6. The van der Waals surface area contributed by atoms with Gasteiger partial charge in [-0.15, -0.1) is 0 Å². The van der Waals surface area contributed by atoms with Crippen molar-refractivity contribution in [3.63, 3.8) is 0 Å². The number of benzene rings is 2. The SMILES string of the molecule is O=C1NC2[C@H](CS[C@H]2CCCCC(=O)OCC(=O)OCOC(C(=O)OC2CC3CCC(C2)[N+]32CCCC2)(c2ccccc2)c2ccccc2)N1. The molecule has 5 heterocycles. The van der Waals surface area contributed by atoms with Crippen LogP contribution >= 0.6 is 11.8 Å². The van der Waals surface area contributed by atoms with Gasteiger partial charge in [-0.3, -0.25) is 4.79 Å². The monoisotopic (exact) mass is 706 g/mol. The molecule has 5 saturated heterocycles. The summed E-state index contributed by atoms with van der Waals surface area (Å²) in [6, 6.07) is 19.6. The number of quaternary nitrogens is 1. The number of ether oxygens (including phenoxy) is 4. The highest BCUT2D eigenvalue weighted by molar-refractivity contribution is 8.00. The van der Waals surface area contributed by atoms with Crippen molar-refractivity contribution in [1.82, 2.24) is 10.6 Å². The van der Waals surface area contributed by atoms with Crippen molar-refractivity contribution in [2.75, 3.05) is 32.2 Å². The number of nitrogens with one attached hydrogen (secondary N) is 2. The Morgan fingerprint density at radius 1 is 0.840 bits per heavy atom. The molecular weight excluding hydrogens is 658 g/mol. The molecule has 2 aromatic rings. The van der Waals surface area contributed by atoms with Crippen LogP contribution in [-0.4, -0.2) is 96.2 Å². The Kier molecular flexibility index (Phi) is 10.7. The molecule has 268 valence electrons. The van der Waals surface area contributed by atoms with E-state index in [0.717, 1.165) is 31.4 Å². The van der Waals surface area contributed by atoms with Crippen LogP contribution in [0.3, 0.4) is 0 Å². The zero-order valence-electron chi connectivity index (χ0n) is 28.5. The fourth-order valence-electron chi connectivity index (χ4n) is 9.21. The minimum atomic E-state index is -1.68. The van der Waals surface area contributed by atoms with E-state index in [2.05, 4.69) is 10.6 Å². The molecular formula is C38H48N3O8S+. The van der Waals surface area contributed by atoms with Crippen LogP contribution in [0.1, 0.15) is 75.3 Å². The molecule has 5 fully saturated rings. The highest BCUT2D eigenvalue weighted by Crippen LogP contribution is 2.47. The van der Waals surface area contributed by atoms with Gasteiger partial charge in [0.1, 0.15) is 6.10 Å². The van der Waals surface area contributed by atoms with E-state index in [-0.39, 0.29) is 30.6 Å². The van der Waals surface area contributed by atoms with Gasteiger partial charge in [-0.2, -0.15) is 11.8 Å². The van der Waals surface area contributed by atoms with Crippen molar-refractivity contribution in [3.05, 3.63) is 71.8 Å². The molecule has 2 bridgehead atoms. The normalized spacial score (nSPS) is 27.7. The number of amides is 2. The highest BCUT2D eigenvalue weighted by atomic mass is 32.2. The van der Waals surface area contributed by atoms with Crippen LogP contribution in [-0.2, 0) is 38.9 Å². The summed E-state index contributed by atoms with van der Waals surface area (Å²) < 4.78 is 24.5. The predicted molar refractivity (Wildman–Crippen MR) is 186 cm³/mol. The second-order valence-electron chi connectivity index (χ2n) is 14.4. The number of hydrogen-bond acceptors (Lipinski definition) is 9. The van der Waals surface area contributed by atoms with Crippen molar-refractivity contribution >= 4 is 35.7 Å². The molecule has 0 saturated carbocycles. The molecule has 3 unspecified atom stereocenters. The lowest BCUT2D eigenvalue weighted by Gasteiger charge is -2.47. The van der Waals surface area contributed by atoms with Crippen molar-refractivity contribution in [3.8, 4) is 0 Å². The third-order valence-electron chi connectivity index (χ3n) is 11.6. The van der Waals surface area contributed by atoms with Gasteiger partial charge in [0.15, 0.2) is 13.4 Å². The molecule has 12 heteroatoms. The summed E-state index contributed by atoms with van der Waals surface area (Å²) in [6.45, 7) is 1.37. The van der Waals surface area contributed by atoms with Crippen LogP contribution in [0.15, 0.2) is 60.7 Å². The van der Waals surface area contributed by atoms with Gasteiger partial charge in [-0.1, -0.05) is 67.1 Å². The van der Waals surface area contributed by atoms with E-state index in [9.17, 15) is 19.2 Å². The third-order valence-corrected chi connectivity index (χ3v) is 13.1. The molecule has 1 spiro atoms. The maximum Gasteiger partial charge on any atom is 0.348 e. The first kappa shape index (κ1) is 34.8.